The van der Waals surface area contributed by atoms with Crippen LogP contribution in [0, 0.1) is 0 Å². The second-order valence-corrected chi connectivity index (χ2v) is 6.16. The number of fused-ring (bicyclic) bond motifs is 1. The van der Waals surface area contributed by atoms with Crippen LogP contribution in [0.2, 0.25) is 0 Å². The maximum absolute atomic E-state index is 13.0. The summed E-state index contributed by atoms with van der Waals surface area (Å²) >= 11 is 0. The van der Waals surface area contributed by atoms with Crippen molar-refractivity contribution in [3.8, 4) is 11.5 Å². The first kappa shape index (κ1) is 18.9. The molecule has 0 aliphatic carbocycles. The molecule has 3 rings (SSSR count). The van der Waals surface area contributed by atoms with Crippen LogP contribution in [0.25, 0.3) is 0 Å². The SMILES string of the molecule is O=C(COC(=O)CN1CCCCCC1=O)Nc1ccc2c(c1)OC(F)(F)O2. The largest absolute Gasteiger partial charge is 0.586 e. The predicted octanol–water partition coefficient (Wildman–Crippen LogP) is 1.89. The molecule has 1 fully saturated rings. The van der Waals surface area contributed by atoms with E-state index in [0.29, 0.717) is 13.0 Å². The van der Waals surface area contributed by atoms with Gasteiger partial charge >= 0.3 is 12.3 Å². The number of halogens is 2. The van der Waals surface area contributed by atoms with E-state index in [9.17, 15) is 23.2 Å². The Kier molecular flexibility index (Phi) is 5.43. The Morgan fingerprint density at radius 1 is 1.19 bits per heavy atom. The van der Waals surface area contributed by atoms with E-state index >= 15 is 0 Å². The molecule has 0 saturated carbocycles. The van der Waals surface area contributed by atoms with E-state index in [-0.39, 0.29) is 29.6 Å². The van der Waals surface area contributed by atoms with Gasteiger partial charge in [0.25, 0.3) is 5.91 Å². The molecule has 0 aromatic heterocycles. The Balaban J connectivity index is 1.46. The third kappa shape index (κ3) is 5.05. The van der Waals surface area contributed by atoms with Crippen LogP contribution in [0.3, 0.4) is 0 Å². The lowest BCUT2D eigenvalue weighted by molar-refractivity contribution is -0.286. The molecule has 0 radical (unpaired) electrons. The summed E-state index contributed by atoms with van der Waals surface area (Å²) in [6, 6.07) is 3.74. The lowest BCUT2D eigenvalue weighted by atomic mass is 10.2. The molecule has 1 N–H and O–H groups in total. The second kappa shape index (κ2) is 7.77. The molecular weight excluding hydrogens is 366 g/mol. The number of carbonyl (C=O) groups is 3. The summed E-state index contributed by atoms with van der Waals surface area (Å²) in [5.41, 5.74) is 0.179. The van der Waals surface area contributed by atoms with E-state index in [1.807, 2.05) is 0 Å². The normalized spacial score (nSPS) is 18.0. The number of rotatable bonds is 5. The molecule has 2 aliphatic rings. The van der Waals surface area contributed by atoms with Gasteiger partial charge in [-0.15, -0.1) is 8.78 Å². The van der Waals surface area contributed by atoms with E-state index in [4.69, 9.17) is 4.74 Å². The molecule has 2 amide bonds. The molecule has 146 valence electrons. The summed E-state index contributed by atoms with van der Waals surface area (Å²) in [5.74, 6) is -1.81. The van der Waals surface area contributed by atoms with Crippen molar-refractivity contribution in [3.05, 3.63) is 18.2 Å². The molecule has 0 unspecified atom stereocenters. The quantitative estimate of drug-likeness (QED) is 0.780. The minimum atomic E-state index is -3.74. The summed E-state index contributed by atoms with van der Waals surface area (Å²) < 4.78 is 39.4. The first-order valence-corrected chi connectivity index (χ1v) is 8.45. The molecule has 0 bridgehead atoms. The van der Waals surface area contributed by atoms with Gasteiger partial charge < -0.3 is 24.4 Å². The Bertz CT molecular complexity index is 755. The fraction of sp³-hybridized carbons (Fsp3) is 0.471. The van der Waals surface area contributed by atoms with Crippen molar-refractivity contribution in [1.29, 1.82) is 0 Å². The number of hydrogen-bond donors (Lipinski definition) is 1. The third-order valence-electron chi connectivity index (χ3n) is 4.04. The fourth-order valence-corrected chi connectivity index (χ4v) is 2.78. The van der Waals surface area contributed by atoms with Gasteiger partial charge in [0, 0.05) is 24.7 Å². The summed E-state index contributed by atoms with van der Waals surface area (Å²) in [5, 5.41) is 2.40. The zero-order valence-electron chi connectivity index (χ0n) is 14.3. The minimum absolute atomic E-state index is 0.105. The van der Waals surface area contributed by atoms with Gasteiger partial charge in [-0.05, 0) is 25.0 Å². The molecule has 2 aliphatic heterocycles. The van der Waals surface area contributed by atoms with Crippen molar-refractivity contribution in [2.75, 3.05) is 25.0 Å². The van der Waals surface area contributed by atoms with Gasteiger partial charge in [0.15, 0.2) is 18.1 Å². The van der Waals surface area contributed by atoms with E-state index in [2.05, 4.69) is 14.8 Å². The fourth-order valence-electron chi connectivity index (χ4n) is 2.78. The molecule has 1 aromatic rings. The van der Waals surface area contributed by atoms with Crippen LogP contribution in [0.4, 0.5) is 14.5 Å². The minimum Gasteiger partial charge on any atom is -0.454 e. The van der Waals surface area contributed by atoms with Crippen molar-refractivity contribution in [2.24, 2.45) is 0 Å². The number of nitrogens with zero attached hydrogens (tertiary/aromatic N) is 1. The topological polar surface area (TPSA) is 94.2 Å². The van der Waals surface area contributed by atoms with E-state index in [0.717, 1.165) is 19.3 Å². The van der Waals surface area contributed by atoms with Gasteiger partial charge in [-0.25, -0.2) is 0 Å². The number of anilines is 1. The standard InChI is InChI=1S/C17H18F2N2O6/c18-17(19)26-12-6-5-11(8-13(12)27-17)20-14(22)10-25-16(24)9-21-7-3-1-2-4-15(21)23/h5-6,8H,1-4,7,9-10H2,(H,20,22). The van der Waals surface area contributed by atoms with Gasteiger partial charge in [0.2, 0.25) is 5.91 Å². The van der Waals surface area contributed by atoms with Crippen molar-refractivity contribution in [2.45, 2.75) is 32.0 Å². The number of nitrogens with one attached hydrogen (secondary N) is 1. The zero-order valence-corrected chi connectivity index (χ0v) is 14.3. The van der Waals surface area contributed by atoms with Crippen LogP contribution < -0.4 is 14.8 Å². The summed E-state index contributed by atoms with van der Waals surface area (Å²) in [6.07, 6.45) is -0.791. The Morgan fingerprint density at radius 3 is 2.78 bits per heavy atom. The highest BCUT2D eigenvalue weighted by Crippen LogP contribution is 2.42. The number of carbonyl (C=O) groups excluding carboxylic acids is 3. The van der Waals surface area contributed by atoms with Crippen molar-refractivity contribution in [1.82, 2.24) is 4.90 Å². The zero-order chi connectivity index (χ0) is 19.4. The van der Waals surface area contributed by atoms with Gasteiger partial charge in [0.05, 0.1) is 0 Å². The van der Waals surface area contributed by atoms with Gasteiger partial charge in [-0.1, -0.05) is 6.42 Å². The highest BCUT2D eigenvalue weighted by molar-refractivity contribution is 5.93. The Hall–Kier alpha value is -2.91. The number of likely N-dealkylation sites (tertiary alicyclic amines) is 1. The number of benzene rings is 1. The van der Waals surface area contributed by atoms with E-state index < -0.39 is 24.8 Å². The number of amides is 2. The van der Waals surface area contributed by atoms with Crippen molar-refractivity contribution >= 4 is 23.5 Å². The highest BCUT2D eigenvalue weighted by atomic mass is 19.3. The molecule has 0 spiro atoms. The molecule has 1 saturated heterocycles. The molecule has 1 aromatic carbocycles. The number of alkyl halides is 2. The van der Waals surface area contributed by atoms with Crippen LogP contribution in [0.5, 0.6) is 11.5 Å². The first-order valence-electron chi connectivity index (χ1n) is 8.45. The third-order valence-corrected chi connectivity index (χ3v) is 4.04. The number of hydrogen-bond acceptors (Lipinski definition) is 6. The lowest BCUT2D eigenvalue weighted by Gasteiger charge is -2.19. The molecule has 0 atom stereocenters. The predicted molar refractivity (Wildman–Crippen MR) is 87.3 cm³/mol. The smallest absolute Gasteiger partial charge is 0.454 e. The molecule has 27 heavy (non-hydrogen) atoms. The average Bonchev–Trinajstić information content (AvgIpc) is 2.77. The first-order chi connectivity index (χ1) is 12.8. The highest BCUT2D eigenvalue weighted by Gasteiger charge is 2.43. The van der Waals surface area contributed by atoms with Gasteiger partial charge in [-0.2, -0.15) is 0 Å². The van der Waals surface area contributed by atoms with Crippen LogP contribution in [-0.2, 0) is 19.1 Å². The maximum Gasteiger partial charge on any atom is 0.586 e. The van der Waals surface area contributed by atoms with Crippen LogP contribution in [0.1, 0.15) is 25.7 Å². The van der Waals surface area contributed by atoms with Crippen molar-refractivity contribution < 1.29 is 37.4 Å². The summed E-state index contributed by atoms with van der Waals surface area (Å²) in [7, 11) is 0. The second-order valence-electron chi connectivity index (χ2n) is 6.16. The molecule has 2 heterocycles. The number of esters is 1. The van der Waals surface area contributed by atoms with Gasteiger partial charge in [0.1, 0.15) is 6.54 Å². The number of ether oxygens (including phenoxy) is 3. The molecular formula is C17H18F2N2O6. The summed E-state index contributed by atoms with van der Waals surface area (Å²) in [4.78, 5) is 37.0. The van der Waals surface area contributed by atoms with E-state index in [1.54, 1.807) is 0 Å². The maximum atomic E-state index is 13.0. The Labute approximate surface area is 153 Å². The average molecular weight is 384 g/mol. The van der Waals surface area contributed by atoms with Gasteiger partial charge in [-0.3, -0.25) is 14.4 Å². The monoisotopic (exact) mass is 384 g/mol. The van der Waals surface area contributed by atoms with Crippen LogP contribution >= 0.6 is 0 Å². The summed E-state index contributed by atoms with van der Waals surface area (Å²) in [6.45, 7) is -0.279. The Morgan fingerprint density at radius 2 is 1.96 bits per heavy atom. The molecule has 10 heteroatoms. The van der Waals surface area contributed by atoms with E-state index in [1.165, 1.54) is 23.1 Å². The lowest BCUT2D eigenvalue weighted by Crippen LogP contribution is -2.36. The van der Waals surface area contributed by atoms with Crippen molar-refractivity contribution in [3.63, 3.8) is 0 Å². The van der Waals surface area contributed by atoms with Crippen LogP contribution in [0.15, 0.2) is 18.2 Å². The van der Waals surface area contributed by atoms with Crippen LogP contribution in [-0.4, -0.2) is 48.7 Å². The molecule has 8 nitrogen and oxygen atoms in total.